The summed E-state index contributed by atoms with van der Waals surface area (Å²) in [5.74, 6) is 0. The van der Waals surface area contributed by atoms with Gasteiger partial charge in [0.2, 0.25) is 0 Å². The summed E-state index contributed by atoms with van der Waals surface area (Å²) in [6.07, 6.45) is 5.77. The number of hydrogen-bond acceptors (Lipinski definition) is 1. The van der Waals surface area contributed by atoms with Gasteiger partial charge < -0.3 is 5.32 Å². The topological polar surface area (TPSA) is 12.0 Å². The molecule has 70 valence electrons. The van der Waals surface area contributed by atoms with Crippen LogP contribution in [0.2, 0.25) is 0 Å². The number of likely N-dealkylation sites (N-methyl/N-ethyl adjacent to an activating group) is 1. The Labute approximate surface area is 76.9 Å². The van der Waals surface area contributed by atoms with Gasteiger partial charge in [-0.2, -0.15) is 0 Å². The fraction of sp³-hybridized carbons (Fsp3) is 0.455. The maximum atomic E-state index is 3.73. The SMILES string of the molecule is C/C=C\C.C=CC(=C)CNCC. The fourth-order valence-electron chi connectivity index (χ4n) is 0.358. The number of hydrogen-bond donors (Lipinski definition) is 1. The molecule has 0 unspecified atom stereocenters. The van der Waals surface area contributed by atoms with E-state index in [9.17, 15) is 0 Å². The molecule has 0 aromatic rings. The number of allylic oxidation sites excluding steroid dienone is 2. The monoisotopic (exact) mass is 167 g/mol. The Bertz CT molecular complexity index is 130. The van der Waals surface area contributed by atoms with Crippen LogP contribution in [-0.4, -0.2) is 13.1 Å². The zero-order valence-electron chi connectivity index (χ0n) is 8.56. The van der Waals surface area contributed by atoms with Crippen molar-refractivity contribution in [3.8, 4) is 0 Å². The van der Waals surface area contributed by atoms with Crippen LogP contribution in [-0.2, 0) is 0 Å². The molecule has 0 aromatic carbocycles. The minimum absolute atomic E-state index is 0.861. The fourth-order valence-corrected chi connectivity index (χ4v) is 0.358. The number of rotatable bonds is 4. The van der Waals surface area contributed by atoms with Crippen molar-refractivity contribution in [1.29, 1.82) is 0 Å². The van der Waals surface area contributed by atoms with E-state index in [1.54, 1.807) is 6.08 Å². The van der Waals surface area contributed by atoms with Crippen LogP contribution in [0.4, 0.5) is 0 Å². The summed E-state index contributed by atoms with van der Waals surface area (Å²) in [5.41, 5.74) is 1.05. The first-order chi connectivity index (χ1) is 5.72. The average molecular weight is 167 g/mol. The summed E-state index contributed by atoms with van der Waals surface area (Å²) < 4.78 is 0. The minimum atomic E-state index is 0.861. The van der Waals surface area contributed by atoms with E-state index in [2.05, 4.69) is 25.4 Å². The van der Waals surface area contributed by atoms with Gasteiger partial charge in [0.25, 0.3) is 0 Å². The third kappa shape index (κ3) is 16.1. The lowest BCUT2D eigenvalue weighted by Gasteiger charge is -1.97. The molecule has 0 aliphatic rings. The largest absolute Gasteiger partial charge is 0.313 e. The zero-order chi connectivity index (χ0) is 9.82. The van der Waals surface area contributed by atoms with Crippen molar-refractivity contribution < 1.29 is 0 Å². The average Bonchev–Trinajstić information content (AvgIpc) is 2.14. The first-order valence-corrected chi connectivity index (χ1v) is 4.31. The molecule has 0 saturated carbocycles. The Morgan fingerprint density at radius 3 is 2.08 bits per heavy atom. The molecule has 0 saturated heterocycles. The van der Waals surface area contributed by atoms with Crippen molar-refractivity contribution in [1.82, 2.24) is 5.32 Å². The molecule has 1 N–H and O–H groups in total. The van der Waals surface area contributed by atoms with Crippen LogP contribution in [0.1, 0.15) is 20.8 Å². The highest BCUT2D eigenvalue weighted by Gasteiger charge is 1.81. The van der Waals surface area contributed by atoms with Crippen LogP contribution in [0.3, 0.4) is 0 Å². The van der Waals surface area contributed by atoms with E-state index in [1.807, 2.05) is 26.0 Å². The molecular weight excluding hydrogens is 146 g/mol. The van der Waals surface area contributed by atoms with Gasteiger partial charge in [-0.05, 0) is 26.0 Å². The van der Waals surface area contributed by atoms with Gasteiger partial charge in [-0.1, -0.05) is 38.3 Å². The van der Waals surface area contributed by atoms with Gasteiger partial charge in [-0.15, -0.1) is 0 Å². The van der Waals surface area contributed by atoms with Gasteiger partial charge in [-0.3, -0.25) is 0 Å². The van der Waals surface area contributed by atoms with Crippen molar-refractivity contribution in [3.63, 3.8) is 0 Å². The lowest BCUT2D eigenvalue weighted by molar-refractivity contribution is 0.786. The Balaban J connectivity index is 0. The highest BCUT2D eigenvalue weighted by molar-refractivity contribution is 5.12. The molecule has 0 bridgehead atoms. The second kappa shape index (κ2) is 12.8. The molecule has 0 radical (unpaired) electrons. The van der Waals surface area contributed by atoms with Crippen LogP contribution < -0.4 is 5.32 Å². The predicted octanol–water partition coefficient (Wildman–Crippen LogP) is 2.92. The van der Waals surface area contributed by atoms with Gasteiger partial charge in [-0.25, -0.2) is 0 Å². The van der Waals surface area contributed by atoms with Crippen LogP contribution in [0, 0.1) is 0 Å². The second-order valence-electron chi connectivity index (χ2n) is 2.31. The Morgan fingerprint density at radius 1 is 1.33 bits per heavy atom. The van der Waals surface area contributed by atoms with E-state index in [0.717, 1.165) is 18.7 Å². The molecule has 0 atom stereocenters. The van der Waals surface area contributed by atoms with Crippen molar-refractivity contribution in [2.24, 2.45) is 0 Å². The van der Waals surface area contributed by atoms with E-state index >= 15 is 0 Å². The molecule has 0 rings (SSSR count). The molecule has 0 aliphatic heterocycles. The Morgan fingerprint density at radius 2 is 1.83 bits per heavy atom. The molecule has 0 heterocycles. The van der Waals surface area contributed by atoms with Gasteiger partial charge >= 0.3 is 0 Å². The molecule has 0 aromatic heterocycles. The quantitative estimate of drug-likeness (QED) is 0.501. The van der Waals surface area contributed by atoms with Crippen LogP contribution in [0.15, 0.2) is 37.0 Å². The minimum Gasteiger partial charge on any atom is -0.313 e. The van der Waals surface area contributed by atoms with Crippen LogP contribution in [0.5, 0.6) is 0 Å². The third-order valence-electron chi connectivity index (χ3n) is 1.22. The molecule has 0 amide bonds. The van der Waals surface area contributed by atoms with Gasteiger partial charge in [0, 0.05) is 6.54 Å². The maximum Gasteiger partial charge on any atom is 0.0199 e. The summed E-state index contributed by atoms with van der Waals surface area (Å²) in [4.78, 5) is 0. The highest BCUT2D eigenvalue weighted by Crippen LogP contribution is 1.84. The van der Waals surface area contributed by atoms with E-state index in [-0.39, 0.29) is 0 Å². The van der Waals surface area contributed by atoms with E-state index in [0.29, 0.717) is 0 Å². The summed E-state index contributed by atoms with van der Waals surface area (Å²) in [5, 5.41) is 3.13. The normalized spacial score (nSPS) is 8.92. The molecule has 0 spiro atoms. The smallest absolute Gasteiger partial charge is 0.0199 e. The lowest BCUT2D eigenvalue weighted by Crippen LogP contribution is -2.14. The van der Waals surface area contributed by atoms with E-state index in [1.165, 1.54) is 0 Å². The molecule has 1 heteroatoms. The first-order valence-electron chi connectivity index (χ1n) is 4.31. The molecule has 0 fully saturated rings. The van der Waals surface area contributed by atoms with Gasteiger partial charge in [0.05, 0.1) is 0 Å². The summed E-state index contributed by atoms with van der Waals surface area (Å²) in [6, 6.07) is 0. The Kier molecular flexibility index (Phi) is 14.7. The molecule has 0 aliphatic carbocycles. The van der Waals surface area contributed by atoms with Crippen molar-refractivity contribution in [3.05, 3.63) is 37.0 Å². The van der Waals surface area contributed by atoms with Gasteiger partial charge in [0.1, 0.15) is 0 Å². The van der Waals surface area contributed by atoms with Crippen molar-refractivity contribution in [2.75, 3.05) is 13.1 Å². The van der Waals surface area contributed by atoms with E-state index in [4.69, 9.17) is 0 Å². The highest BCUT2D eigenvalue weighted by atomic mass is 14.8. The standard InChI is InChI=1S/C7H13N.C4H8/c1-4-7(3)6-8-5-2;1-3-4-2/h4,8H,1,3,5-6H2,2H3;3-4H,1-2H3/b;4-3-. The number of nitrogens with one attached hydrogen (secondary N) is 1. The lowest BCUT2D eigenvalue weighted by atomic mass is 10.3. The van der Waals surface area contributed by atoms with Gasteiger partial charge in [0.15, 0.2) is 0 Å². The van der Waals surface area contributed by atoms with E-state index < -0.39 is 0 Å². The first kappa shape index (κ1) is 13.7. The zero-order valence-corrected chi connectivity index (χ0v) is 8.56. The summed E-state index contributed by atoms with van der Waals surface area (Å²) in [6.45, 7) is 15.2. The summed E-state index contributed by atoms with van der Waals surface area (Å²) in [7, 11) is 0. The van der Waals surface area contributed by atoms with Crippen LogP contribution >= 0.6 is 0 Å². The maximum absolute atomic E-state index is 3.73. The van der Waals surface area contributed by atoms with Crippen molar-refractivity contribution >= 4 is 0 Å². The third-order valence-corrected chi connectivity index (χ3v) is 1.22. The van der Waals surface area contributed by atoms with Crippen LogP contribution in [0.25, 0.3) is 0 Å². The molecule has 12 heavy (non-hydrogen) atoms. The van der Waals surface area contributed by atoms with Crippen molar-refractivity contribution in [2.45, 2.75) is 20.8 Å². The molecular formula is C11H21N. The Hall–Kier alpha value is -0.820. The predicted molar refractivity (Wildman–Crippen MR) is 58.4 cm³/mol. The molecule has 1 nitrogen and oxygen atoms in total. The second-order valence-corrected chi connectivity index (χ2v) is 2.31. The summed E-state index contributed by atoms with van der Waals surface area (Å²) >= 11 is 0.